The molecule has 0 radical (unpaired) electrons. The molecule has 2 atom stereocenters. The summed E-state index contributed by atoms with van der Waals surface area (Å²) in [4.78, 5) is 16.6. The summed E-state index contributed by atoms with van der Waals surface area (Å²) in [6.07, 6.45) is 8.13. The molecular weight excluding hydrogens is 304 g/mol. The van der Waals surface area contributed by atoms with Gasteiger partial charge in [0.05, 0.1) is 6.10 Å². The van der Waals surface area contributed by atoms with E-state index in [2.05, 4.69) is 15.6 Å². The molecule has 2 aliphatic rings. The SMILES string of the molecule is O=C(Nc1nccn1-c1ccccc1)N[C@H]1CCO[C@@H](C2CC2)C1. The van der Waals surface area contributed by atoms with Crippen LogP contribution in [0.1, 0.15) is 25.7 Å². The van der Waals surface area contributed by atoms with Crippen LogP contribution in [0.15, 0.2) is 42.7 Å². The van der Waals surface area contributed by atoms with Gasteiger partial charge in [-0.05, 0) is 43.7 Å². The topological polar surface area (TPSA) is 68.2 Å². The van der Waals surface area contributed by atoms with E-state index in [0.717, 1.165) is 25.1 Å². The number of aromatic nitrogens is 2. The van der Waals surface area contributed by atoms with Crippen LogP contribution in [-0.4, -0.2) is 34.3 Å². The summed E-state index contributed by atoms with van der Waals surface area (Å²) in [5.41, 5.74) is 0.963. The van der Waals surface area contributed by atoms with Crippen LogP contribution in [0.3, 0.4) is 0 Å². The van der Waals surface area contributed by atoms with Crippen molar-refractivity contribution in [3.05, 3.63) is 42.7 Å². The number of imidazole rings is 1. The number of hydrogen-bond donors (Lipinski definition) is 2. The highest BCUT2D eigenvalue weighted by Gasteiger charge is 2.36. The molecule has 0 spiro atoms. The van der Waals surface area contributed by atoms with Gasteiger partial charge in [0, 0.05) is 30.7 Å². The van der Waals surface area contributed by atoms with Gasteiger partial charge in [-0.3, -0.25) is 9.88 Å². The van der Waals surface area contributed by atoms with Crippen LogP contribution >= 0.6 is 0 Å². The Morgan fingerprint density at radius 3 is 2.83 bits per heavy atom. The lowest BCUT2D eigenvalue weighted by Gasteiger charge is -2.30. The zero-order chi connectivity index (χ0) is 16.4. The van der Waals surface area contributed by atoms with Crippen molar-refractivity contribution in [3.8, 4) is 5.69 Å². The van der Waals surface area contributed by atoms with Crippen LogP contribution in [0, 0.1) is 5.92 Å². The van der Waals surface area contributed by atoms with Crippen molar-refractivity contribution in [2.24, 2.45) is 5.92 Å². The van der Waals surface area contributed by atoms with Gasteiger partial charge < -0.3 is 10.1 Å². The number of para-hydroxylation sites is 1. The predicted molar refractivity (Wildman–Crippen MR) is 91.2 cm³/mol. The van der Waals surface area contributed by atoms with Gasteiger partial charge in [-0.25, -0.2) is 9.78 Å². The van der Waals surface area contributed by atoms with Crippen LogP contribution < -0.4 is 10.6 Å². The minimum absolute atomic E-state index is 0.171. The van der Waals surface area contributed by atoms with Crippen molar-refractivity contribution in [1.82, 2.24) is 14.9 Å². The summed E-state index contributed by atoms with van der Waals surface area (Å²) in [5, 5.41) is 5.92. The lowest BCUT2D eigenvalue weighted by molar-refractivity contribution is -0.00890. The van der Waals surface area contributed by atoms with Gasteiger partial charge in [0.25, 0.3) is 0 Å². The number of amides is 2. The number of nitrogens with one attached hydrogen (secondary N) is 2. The number of benzene rings is 1. The number of ether oxygens (including phenoxy) is 1. The molecule has 6 heteroatoms. The first-order valence-corrected chi connectivity index (χ1v) is 8.57. The quantitative estimate of drug-likeness (QED) is 0.907. The largest absolute Gasteiger partial charge is 0.378 e. The van der Waals surface area contributed by atoms with Crippen molar-refractivity contribution in [1.29, 1.82) is 0 Å². The fourth-order valence-corrected chi connectivity index (χ4v) is 3.27. The summed E-state index contributed by atoms with van der Waals surface area (Å²) in [5.74, 6) is 1.22. The minimum atomic E-state index is -0.208. The number of nitrogens with zero attached hydrogens (tertiary/aromatic N) is 2. The highest BCUT2D eigenvalue weighted by atomic mass is 16.5. The molecule has 0 bridgehead atoms. The van der Waals surface area contributed by atoms with Crippen molar-refractivity contribution in [2.45, 2.75) is 37.8 Å². The summed E-state index contributed by atoms with van der Waals surface area (Å²) in [6.45, 7) is 0.727. The van der Waals surface area contributed by atoms with Gasteiger partial charge in [0.1, 0.15) is 0 Å². The van der Waals surface area contributed by atoms with Crippen LogP contribution in [0.5, 0.6) is 0 Å². The Morgan fingerprint density at radius 1 is 1.21 bits per heavy atom. The molecule has 2 amide bonds. The van der Waals surface area contributed by atoms with E-state index in [-0.39, 0.29) is 12.1 Å². The van der Waals surface area contributed by atoms with Crippen LogP contribution in [0.25, 0.3) is 5.69 Å². The third kappa shape index (κ3) is 3.43. The summed E-state index contributed by atoms with van der Waals surface area (Å²) in [6, 6.07) is 9.79. The Hall–Kier alpha value is -2.34. The predicted octanol–water partition coefficient (Wildman–Crippen LogP) is 2.95. The molecule has 24 heavy (non-hydrogen) atoms. The Kier molecular flexibility index (Phi) is 4.21. The fraction of sp³-hybridized carbons (Fsp3) is 0.444. The maximum absolute atomic E-state index is 12.3. The lowest BCUT2D eigenvalue weighted by Crippen LogP contribution is -2.44. The molecule has 1 aromatic carbocycles. The molecular formula is C18H22N4O2. The van der Waals surface area contributed by atoms with Gasteiger partial charge in [-0.2, -0.15) is 0 Å². The molecule has 6 nitrogen and oxygen atoms in total. The average molecular weight is 326 g/mol. The van der Waals surface area contributed by atoms with Gasteiger partial charge in [0.2, 0.25) is 5.95 Å². The average Bonchev–Trinajstić information content (AvgIpc) is 3.36. The van der Waals surface area contributed by atoms with Gasteiger partial charge in [-0.1, -0.05) is 18.2 Å². The third-order valence-corrected chi connectivity index (χ3v) is 4.70. The molecule has 1 saturated carbocycles. The lowest BCUT2D eigenvalue weighted by atomic mass is 10.0. The Balaban J connectivity index is 1.37. The van der Waals surface area contributed by atoms with Crippen LogP contribution in [0.2, 0.25) is 0 Å². The van der Waals surface area contributed by atoms with Gasteiger partial charge in [0.15, 0.2) is 0 Å². The molecule has 4 rings (SSSR count). The van der Waals surface area contributed by atoms with Crippen molar-refractivity contribution >= 4 is 12.0 Å². The monoisotopic (exact) mass is 326 g/mol. The maximum Gasteiger partial charge on any atom is 0.321 e. The number of carbonyl (C=O) groups is 1. The van der Waals surface area contributed by atoms with Crippen molar-refractivity contribution in [2.75, 3.05) is 11.9 Å². The van der Waals surface area contributed by atoms with Crippen molar-refractivity contribution in [3.63, 3.8) is 0 Å². The van der Waals surface area contributed by atoms with E-state index >= 15 is 0 Å². The Morgan fingerprint density at radius 2 is 2.04 bits per heavy atom. The summed E-state index contributed by atoms with van der Waals surface area (Å²) < 4.78 is 7.67. The molecule has 1 aliphatic heterocycles. The van der Waals surface area contributed by atoms with E-state index in [0.29, 0.717) is 18.0 Å². The van der Waals surface area contributed by atoms with Gasteiger partial charge >= 0.3 is 6.03 Å². The highest BCUT2D eigenvalue weighted by Crippen LogP contribution is 2.38. The molecule has 2 heterocycles. The molecule has 0 unspecified atom stereocenters. The number of carbonyl (C=O) groups excluding carboxylic acids is 1. The molecule has 2 aromatic rings. The zero-order valence-electron chi connectivity index (χ0n) is 13.5. The smallest absolute Gasteiger partial charge is 0.321 e. The molecule has 1 aliphatic carbocycles. The number of urea groups is 1. The standard InChI is InChI=1S/C18H22N4O2/c23-18(20-14-8-11-24-16(12-14)13-6-7-13)21-17-19-9-10-22(17)15-4-2-1-3-5-15/h1-5,9-10,13-14,16H,6-8,11-12H2,(H2,19,20,21,23)/t14-,16+/m0/s1. The Bertz CT molecular complexity index is 696. The minimum Gasteiger partial charge on any atom is -0.378 e. The molecule has 2 fully saturated rings. The number of hydrogen-bond acceptors (Lipinski definition) is 3. The normalized spacial score (nSPS) is 23.7. The Labute approximate surface area is 141 Å². The van der Waals surface area contributed by atoms with Crippen LogP contribution in [-0.2, 0) is 4.74 Å². The number of anilines is 1. The van der Waals surface area contributed by atoms with Crippen molar-refractivity contribution < 1.29 is 9.53 Å². The zero-order valence-corrected chi connectivity index (χ0v) is 13.5. The second kappa shape index (κ2) is 6.65. The first-order valence-electron chi connectivity index (χ1n) is 8.57. The summed E-state index contributed by atoms with van der Waals surface area (Å²) >= 11 is 0. The van der Waals surface area contributed by atoms with E-state index in [1.165, 1.54) is 12.8 Å². The van der Waals surface area contributed by atoms with E-state index in [9.17, 15) is 4.79 Å². The molecule has 2 N–H and O–H groups in total. The van der Waals surface area contributed by atoms with E-state index in [1.807, 2.05) is 41.1 Å². The third-order valence-electron chi connectivity index (χ3n) is 4.70. The maximum atomic E-state index is 12.3. The van der Waals surface area contributed by atoms with E-state index in [4.69, 9.17) is 4.74 Å². The second-order valence-corrected chi connectivity index (χ2v) is 6.52. The van der Waals surface area contributed by atoms with Crippen LogP contribution in [0.4, 0.5) is 10.7 Å². The van der Waals surface area contributed by atoms with E-state index < -0.39 is 0 Å². The number of rotatable bonds is 4. The molecule has 1 aromatic heterocycles. The highest BCUT2D eigenvalue weighted by molar-refractivity contribution is 5.88. The second-order valence-electron chi connectivity index (χ2n) is 6.52. The fourth-order valence-electron chi connectivity index (χ4n) is 3.27. The first-order chi connectivity index (χ1) is 11.8. The van der Waals surface area contributed by atoms with Gasteiger partial charge in [-0.15, -0.1) is 0 Å². The molecule has 126 valence electrons. The summed E-state index contributed by atoms with van der Waals surface area (Å²) in [7, 11) is 0. The first kappa shape index (κ1) is 15.2. The van der Waals surface area contributed by atoms with E-state index in [1.54, 1.807) is 6.20 Å². The molecule has 1 saturated heterocycles.